The maximum absolute atomic E-state index is 13.0. The third-order valence-electron chi connectivity index (χ3n) is 4.62. The van der Waals surface area contributed by atoms with E-state index in [9.17, 15) is 9.18 Å². The van der Waals surface area contributed by atoms with Crippen LogP contribution in [0.25, 0.3) is 10.9 Å². The van der Waals surface area contributed by atoms with E-state index in [1.807, 2.05) is 18.2 Å². The number of nitrogens with one attached hydrogen (secondary N) is 1. The summed E-state index contributed by atoms with van der Waals surface area (Å²) in [6.07, 6.45) is 2.43. The molecule has 3 aromatic rings. The van der Waals surface area contributed by atoms with Crippen LogP contribution in [0.3, 0.4) is 0 Å². The minimum atomic E-state index is -0.292. The second-order valence-electron chi connectivity index (χ2n) is 6.39. The summed E-state index contributed by atoms with van der Waals surface area (Å²) in [6.45, 7) is 1.15. The molecule has 132 valence electrons. The number of carbonyl (C=O) groups excluding carboxylic acids is 1. The van der Waals surface area contributed by atoms with Crippen LogP contribution < -0.4 is 5.32 Å². The van der Waals surface area contributed by atoms with E-state index in [0.717, 1.165) is 22.2 Å². The Labute approximate surface area is 155 Å². The van der Waals surface area contributed by atoms with Gasteiger partial charge in [-0.05, 0) is 48.4 Å². The van der Waals surface area contributed by atoms with Crippen LogP contribution in [0.15, 0.2) is 54.7 Å². The van der Waals surface area contributed by atoms with Crippen LogP contribution in [0.2, 0.25) is 5.02 Å². The molecule has 4 nitrogen and oxygen atoms in total. The zero-order valence-electron chi connectivity index (χ0n) is 14.0. The number of benzene rings is 2. The van der Waals surface area contributed by atoms with E-state index in [0.29, 0.717) is 24.5 Å². The molecule has 1 aromatic heterocycles. The van der Waals surface area contributed by atoms with E-state index in [1.54, 1.807) is 29.3 Å². The molecule has 0 bridgehead atoms. The van der Waals surface area contributed by atoms with Crippen LogP contribution in [0.1, 0.15) is 12.0 Å². The first-order chi connectivity index (χ1) is 12.6. The molecule has 4 rings (SSSR count). The molecular weight excluding hydrogens is 353 g/mol. The number of halogens is 2. The van der Waals surface area contributed by atoms with Crippen molar-refractivity contribution >= 4 is 34.1 Å². The first-order valence-electron chi connectivity index (χ1n) is 8.44. The summed E-state index contributed by atoms with van der Waals surface area (Å²) < 4.78 is 13.0. The summed E-state index contributed by atoms with van der Waals surface area (Å²) in [5.74, 6) is -0.231. The lowest BCUT2D eigenvalue weighted by molar-refractivity contribution is -0.128. The van der Waals surface area contributed by atoms with Crippen molar-refractivity contribution in [1.82, 2.24) is 9.88 Å². The Morgan fingerprint density at radius 1 is 1.19 bits per heavy atom. The summed E-state index contributed by atoms with van der Waals surface area (Å²) in [6, 6.07) is 13.3. The lowest BCUT2D eigenvalue weighted by Crippen LogP contribution is -2.33. The lowest BCUT2D eigenvalue weighted by atomic mass is 10.1. The molecule has 1 amide bonds. The van der Waals surface area contributed by atoms with Crippen molar-refractivity contribution < 1.29 is 9.18 Å². The first-order valence-corrected chi connectivity index (χ1v) is 8.82. The molecular formula is C20H17ClFN3O. The van der Waals surface area contributed by atoms with Crippen molar-refractivity contribution in [2.24, 2.45) is 0 Å². The molecule has 0 aliphatic carbocycles. The molecule has 1 fully saturated rings. The van der Waals surface area contributed by atoms with Crippen LogP contribution in [-0.4, -0.2) is 28.4 Å². The fraction of sp³-hybridized carbons (Fsp3) is 0.200. The van der Waals surface area contributed by atoms with Gasteiger partial charge in [-0.15, -0.1) is 0 Å². The molecule has 1 atom stereocenters. The molecule has 1 N–H and O–H groups in total. The van der Waals surface area contributed by atoms with Gasteiger partial charge in [0.05, 0.1) is 5.52 Å². The summed E-state index contributed by atoms with van der Waals surface area (Å²) in [5.41, 5.74) is 2.59. The topological polar surface area (TPSA) is 45.2 Å². The van der Waals surface area contributed by atoms with Gasteiger partial charge < -0.3 is 10.2 Å². The molecule has 0 radical (unpaired) electrons. The standard InChI is InChI=1S/C20H17ClFN3O/c21-14-3-6-17-16(11-14)18(7-9-23-17)24-19-8-10-25(20(19)26)12-13-1-4-15(22)5-2-13/h1-7,9,11,19H,8,10,12H2,(H,23,24). The Morgan fingerprint density at radius 2 is 2.00 bits per heavy atom. The Hall–Kier alpha value is -2.66. The minimum Gasteiger partial charge on any atom is -0.373 e. The normalized spacial score (nSPS) is 17.1. The Morgan fingerprint density at radius 3 is 2.81 bits per heavy atom. The van der Waals surface area contributed by atoms with Gasteiger partial charge in [0, 0.05) is 35.4 Å². The van der Waals surface area contributed by atoms with Crippen molar-refractivity contribution in [2.75, 3.05) is 11.9 Å². The van der Waals surface area contributed by atoms with Gasteiger partial charge in [-0.3, -0.25) is 9.78 Å². The van der Waals surface area contributed by atoms with E-state index in [4.69, 9.17) is 11.6 Å². The zero-order valence-corrected chi connectivity index (χ0v) is 14.7. The molecule has 0 saturated carbocycles. The van der Waals surface area contributed by atoms with Gasteiger partial charge in [0.15, 0.2) is 0 Å². The Bertz CT molecular complexity index is 961. The molecule has 0 spiro atoms. The third kappa shape index (κ3) is 3.35. The number of anilines is 1. The number of nitrogens with zero attached hydrogens (tertiary/aromatic N) is 2. The van der Waals surface area contributed by atoms with Gasteiger partial charge >= 0.3 is 0 Å². The third-order valence-corrected chi connectivity index (χ3v) is 4.85. The minimum absolute atomic E-state index is 0.0429. The Kier molecular flexibility index (Phi) is 4.47. The zero-order chi connectivity index (χ0) is 18.1. The lowest BCUT2D eigenvalue weighted by Gasteiger charge is -2.18. The van der Waals surface area contributed by atoms with Crippen LogP contribution in [0, 0.1) is 5.82 Å². The number of amides is 1. The SMILES string of the molecule is O=C1C(Nc2ccnc3ccc(Cl)cc23)CCN1Cc1ccc(F)cc1. The average molecular weight is 370 g/mol. The Balaban J connectivity index is 1.51. The number of fused-ring (bicyclic) bond motifs is 1. The molecule has 6 heteroatoms. The number of hydrogen-bond donors (Lipinski definition) is 1. The molecule has 1 unspecified atom stereocenters. The van der Waals surface area contributed by atoms with Crippen molar-refractivity contribution in [3.8, 4) is 0 Å². The van der Waals surface area contributed by atoms with Crippen LogP contribution in [-0.2, 0) is 11.3 Å². The van der Waals surface area contributed by atoms with Crippen molar-refractivity contribution in [2.45, 2.75) is 19.0 Å². The largest absolute Gasteiger partial charge is 0.373 e. The maximum Gasteiger partial charge on any atom is 0.245 e. The quantitative estimate of drug-likeness (QED) is 0.748. The van der Waals surface area contributed by atoms with Gasteiger partial charge in [0.1, 0.15) is 11.9 Å². The molecule has 1 saturated heterocycles. The van der Waals surface area contributed by atoms with Crippen LogP contribution in [0.5, 0.6) is 0 Å². The van der Waals surface area contributed by atoms with Crippen LogP contribution >= 0.6 is 11.6 Å². The van der Waals surface area contributed by atoms with Gasteiger partial charge in [0.25, 0.3) is 0 Å². The second-order valence-corrected chi connectivity index (χ2v) is 6.83. The van der Waals surface area contributed by atoms with Crippen molar-refractivity contribution in [3.05, 3.63) is 71.1 Å². The number of carbonyl (C=O) groups is 1. The fourth-order valence-corrected chi connectivity index (χ4v) is 3.44. The number of aromatic nitrogens is 1. The van der Waals surface area contributed by atoms with E-state index in [1.165, 1.54) is 12.1 Å². The maximum atomic E-state index is 13.0. The monoisotopic (exact) mass is 369 g/mol. The molecule has 26 heavy (non-hydrogen) atoms. The molecule has 1 aliphatic heterocycles. The van der Waals surface area contributed by atoms with E-state index in [2.05, 4.69) is 10.3 Å². The van der Waals surface area contributed by atoms with Crippen molar-refractivity contribution in [3.63, 3.8) is 0 Å². The van der Waals surface area contributed by atoms with E-state index >= 15 is 0 Å². The number of pyridine rings is 1. The highest BCUT2D eigenvalue weighted by Gasteiger charge is 2.31. The van der Waals surface area contributed by atoms with E-state index < -0.39 is 0 Å². The predicted molar refractivity (Wildman–Crippen MR) is 101 cm³/mol. The second kappa shape index (κ2) is 6.92. The predicted octanol–water partition coefficient (Wildman–Crippen LogP) is 4.24. The van der Waals surface area contributed by atoms with Gasteiger partial charge in [-0.2, -0.15) is 0 Å². The summed E-state index contributed by atoms with van der Waals surface area (Å²) in [4.78, 5) is 18.9. The fourth-order valence-electron chi connectivity index (χ4n) is 3.27. The van der Waals surface area contributed by atoms with Gasteiger partial charge in [0.2, 0.25) is 5.91 Å². The molecule has 2 heterocycles. The van der Waals surface area contributed by atoms with Gasteiger partial charge in [-0.25, -0.2) is 4.39 Å². The van der Waals surface area contributed by atoms with E-state index in [-0.39, 0.29) is 17.8 Å². The van der Waals surface area contributed by atoms with Crippen LogP contribution in [0.4, 0.5) is 10.1 Å². The highest BCUT2D eigenvalue weighted by atomic mass is 35.5. The average Bonchev–Trinajstić information content (AvgIpc) is 2.97. The molecule has 2 aromatic carbocycles. The number of hydrogen-bond acceptors (Lipinski definition) is 3. The van der Waals surface area contributed by atoms with Gasteiger partial charge in [-0.1, -0.05) is 23.7 Å². The summed E-state index contributed by atoms with van der Waals surface area (Å²) in [7, 11) is 0. The number of likely N-dealkylation sites (tertiary alicyclic amines) is 1. The first kappa shape index (κ1) is 16.8. The summed E-state index contributed by atoms with van der Waals surface area (Å²) >= 11 is 6.10. The molecule has 1 aliphatic rings. The highest BCUT2D eigenvalue weighted by molar-refractivity contribution is 6.31. The highest BCUT2D eigenvalue weighted by Crippen LogP contribution is 2.27. The number of rotatable bonds is 4. The van der Waals surface area contributed by atoms with Crippen molar-refractivity contribution in [1.29, 1.82) is 0 Å². The summed E-state index contributed by atoms with van der Waals surface area (Å²) in [5, 5.41) is 4.86. The smallest absolute Gasteiger partial charge is 0.245 e.